The van der Waals surface area contributed by atoms with Crippen LogP contribution in [0.2, 0.25) is 0 Å². The van der Waals surface area contributed by atoms with Crippen LogP contribution in [0.4, 0.5) is 4.79 Å². The van der Waals surface area contributed by atoms with E-state index in [4.69, 9.17) is 9.47 Å². The second-order valence-electron chi connectivity index (χ2n) is 4.92. The summed E-state index contributed by atoms with van der Waals surface area (Å²) in [4.78, 5) is 47.3. The highest BCUT2D eigenvalue weighted by Gasteiger charge is 2.53. The van der Waals surface area contributed by atoms with Gasteiger partial charge in [-0.15, -0.1) is 0 Å². The average Bonchev–Trinajstić information content (AvgIpc) is 2.53. The highest BCUT2D eigenvalue weighted by molar-refractivity contribution is 6.22. The zero-order valence-electron chi connectivity index (χ0n) is 12.7. The molecule has 0 radical (unpaired) electrons. The Balaban J connectivity index is 2.36. The fraction of sp³-hybridized carbons (Fsp3) is 0.333. The van der Waals surface area contributed by atoms with Gasteiger partial charge in [-0.25, -0.2) is 4.79 Å². The van der Waals surface area contributed by atoms with Crippen LogP contribution in [0.15, 0.2) is 24.3 Å². The molecule has 8 nitrogen and oxygen atoms in total. The minimum absolute atomic E-state index is 0.0150. The summed E-state index contributed by atoms with van der Waals surface area (Å²) in [7, 11) is 1.51. The monoisotopic (exact) mass is 320 g/mol. The van der Waals surface area contributed by atoms with Gasteiger partial charge in [-0.1, -0.05) is 19.1 Å². The van der Waals surface area contributed by atoms with Gasteiger partial charge in [-0.05, 0) is 17.7 Å². The summed E-state index contributed by atoms with van der Waals surface area (Å²) in [6.45, 7) is 1.53. The van der Waals surface area contributed by atoms with Crippen molar-refractivity contribution in [3.05, 3.63) is 29.8 Å². The molecule has 0 unspecified atom stereocenters. The third kappa shape index (κ3) is 3.31. The third-order valence-electron chi connectivity index (χ3n) is 3.38. The van der Waals surface area contributed by atoms with Crippen molar-refractivity contribution in [3.63, 3.8) is 0 Å². The number of carbonyl (C=O) groups excluding carboxylic acids is 4. The predicted octanol–water partition coefficient (Wildman–Crippen LogP) is 0.296. The number of amides is 4. The van der Waals surface area contributed by atoms with E-state index >= 15 is 0 Å². The van der Waals surface area contributed by atoms with E-state index in [0.717, 1.165) is 0 Å². The van der Waals surface area contributed by atoms with Crippen LogP contribution >= 0.6 is 0 Å². The molecular formula is C15H16N2O6. The third-order valence-corrected chi connectivity index (χ3v) is 3.38. The first kappa shape index (κ1) is 16.5. The Morgan fingerprint density at radius 2 is 1.65 bits per heavy atom. The first-order chi connectivity index (χ1) is 10.9. The van der Waals surface area contributed by atoms with Crippen molar-refractivity contribution in [1.82, 2.24) is 10.6 Å². The van der Waals surface area contributed by atoms with Crippen molar-refractivity contribution in [1.29, 1.82) is 0 Å². The molecule has 0 spiro atoms. The maximum Gasteiger partial charge on any atom is 0.328 e. The Bertz CT molecular complexity index is 632. The molecule has 0 atom stereocenters. The van der Waals surface area contributed by atoms with Crippen molar-refractivity contribution < 1.29 is 28.7 Å². The molecule has 1 aliphatic heterocycles. The van der Waals surface area contributed by atoms with Crippen LogP contribution in [0.5, 0.6) is 5.75 Å². The summed E-state index contributed by atoms with van der Waals surface area (Å²) < 4.78 is 10.1. The number of benzene rings is 1. The lowest BCUT2D eigenvalue weighted by molar-refractivity contribution is -0.175. The van der Waals surface area contributed by atoms with E-state index in [2.05, 4.69) is 0 Å². The van der Waals surface area contributed by atoms with E-state index in [9.17, 15) is 19.2 Å². The zero-order valence-corrected chi connectivity index (χ0v) is 12.7. The molecule has 4 amide bonds. The van der Waals surface area contributed by atoms with Crippen LogP contribution in [-0.2, 0) is 25.5 Å². The SMILES string of the molecule is CCC(=O)OC1(Cc2ccc(OC)cc2)C(=O)NC(=O)NC1=O. The molecule has 1 heterocycles. The number of methoxy groups -OCH3 is 1. The Morgan fingerprint density at radius 3 is 2.13 bits per heavy atom. The lowest BCUT2D eigenvalue weighted by Gasteiger charge is -2.33. The maximum absolute atomic E-state index is 12.2. The number of barbiturate groups is 1. The van der Waals surface area contributed by atoms with Crippen molar-refractivity contribution in [2.75, 3.05) is 7.11 Å². The van der Waals surface area contributed by atoms with E-state index in [1.807, 2.05) is 10.6 Å². The predicted molar refractivity (Wildman–Crippen MR) is 77.5 cm³/mol. The number of esters is 1. The lowest BCUT2D eigenvalue weighted by Crippen LogP contribution is -2.69. The molecule has 8 heteroatoms. The number of rotatable bonds is 5. The standard InChI is InChI=1S/C15H16N2O6/c1-3-11(18)23-15(12(19)16-14(21)17-13(15)20)8-9-4-6-10(22-2)7-5-9/h4-7H,3,8H2,1-2H3,(H2,16,17,19,20,21). The molecule has 0 aliphatic carbocycles. The first-order valence-corrected chi connectivity index (χ1v) is 6.93. The van der Waals surface area contributed by atoms with E-state index in [1.165, 1.54) is 14.0 Å². The van der Waals surface area contributed by atoms with Crippen LogP contribution in [0, 0.1) is 0 Å². The summed E-state index contributed by atoms with van der Waals surface area (Å²) in [6, 6.07) is 5.62. The van der Waals surface area contributed by atoms with Gasteiger partial charge in [-0.2, -0.15) is 0 Å². The molecule has 1 saturated heterocycles. The molecule has 122 valence electrons. The quantitative estimate of drug-likeness (QED) is 0.596. The number of nitrogens with one attached hydrogen (secondary N) is 2. The zero-order chi connectivity index (χ0) is 17.0. The van der Waals surface area contributed by atoms with Crippen molar-refractivity contribution >= 4 is 23.8 Å². The molecule has 2 rings (SSSR count). The second-order valence-corrected chi connectivity index (χ2v) is 4.92. The number of ether oxygens (including phenoxy) is 2. The van der Waals surface area contributed by atoms with E-state index in [1.54, 1.807) is 24.3 Å². The molecule has 1 aromatic carbocycles. The van der Waals surface area contributed by atoms with Crippen LogP contribution in [-0.4, -0.2) is 36.5 Å². The molecule has 23 heavy (non-hydrogen) atoms. The largest absolute Gasteiger partial charge is 0.497 e. The Hall–Kier alpha value is -2.90. The molecule has 0 aromatic heterocycles. The number of carbonyl (C=O) groups is 4. The van der Waals surface area contributed by atoms with Gasteiger partial charge >= 0.3 is 12.0 Å². The minimum Gasteiger partial charge on any atom is -0.497 e. The molecule has 2 N–H and O–H groups in total. The van der Waals surface area contributed by atoms with Gasteiger partial charge in [-0.3, -0.25) is 25.0 Å². The highest BCUT2D eigenvalue weighted by Crippen LogP contribution is 2.24. The van der Waals surface area contributed by atoms with Crippen LogP contribution in [0.3, 0.4) is 0 Å². The fourth-order valence-electron chi connectivity index (χ4n) is 2.13. The van der Waals surface area contributed by atoms with Gasteiger partial charge in [0.05, 0.1) is 7.11 Å². The van der Waals surface area contributed by atoms with E-state index in [-0.39, 0.29) is 12.8 Å². The van der Waals surface area contributed by atoms with Gasteiger partial charge in [0.2, 0.25) is 0 Å². The minimum atomic E-state index is -2.12. The van der Waals surface area contributed by atoms with Crippen molar-refractivity contribution in [2.24, 2.45) is 0 Å². The molecule has 1 aliphatic rings. The van der Waals surface area contributed by atoms with Crippen molar-refractivity contribution in [2.45, 2.75) is 25.4 Å². The van der Waals surface area contributed by atoms with Gasteiger partial charge < -0.3 is 9.47 Å². The van der Waals surface area contributed by atoms with Crippen LogP contribution < -0.4 is 15.4 Å². The van der Waals surface area contributed by atoms with Crippen LogP contribution in [0.1, 0.15) is 18.9 Å². The Labute approximate surface area is 132 Å². The second kappa shape index (κ2) is 6.47. The first-order valence-electron chi connectivity index (χ1n) is 6.93. The summed E-state index contributed by atoms with van der Waals surface area (Å²) in [5.74, 6) is -2.06. The summed E-state index contributed by atoms with van der Waals surface area (Å²) in [5.41, 5.74) is -1.55. The Kier molecular flexibility index (Phi) is 4.63. The Morgan fingerprint density at radius 1 is 1.09 bits per heavy atom. The van der Waals surface area contributed by atoms with Crippen molar-refractivity contribution in [3.8, 4) is 5.75 Å². The van der Waals surface area contributed by atoms with Gasteiger partial charge in [0, 0.05) is 12.8 Å². The maximum atomic E-state index is 12.2. The summed E-state index contributed by atoms with van der Waals surface area (Å²) in [6.07, 6.45) is -0.216. The number of hydrogen-bond donors (Lipinski definition) is 2. The number of imide groups is 2. The smallest absolute Gasteiger partial charge is 0.328 e. The molecule has 1 fully saturated rings. The normalized spacial score (nSPS) is 16.3. The lowest BCUT2D eigenvalue weighted by atomic mass is 9.90. The molecule has 0 bridgehead atoms. The summed E-state index contributed by atoms with van der Waals surface area (Å²) in [5, 5.41) is 3.92. The van der Waals surface area contributed by atoms with E-state index < -0.39 is 29.4 Å². The number of hydrogen-bond acceptors (Lipinski definition) is 6. The number of urea groups is 1. The van der Waals surface area contributed by atoms with Gasteiger partial charge in [0.15, 0.2) is 0 Å². The average molecular weight is 320 g/mol. The highest BCUT2D eigenvalue weighted by atomic mass is 16.6. The van der Waals surface area contributed by atoms with Crippen LogP contribution in [0.25, 0.3) is 0 Å². The molecule has 1 aromatic rings. The molecule has 0 saturated carbocycles. The van der Waals surface area contributed by atoms with E-state index in [0.29, 0.717) is 11.3 Å². The summed E-state index contributed by atoms with van der Waals surface area (Å²) >= 11 is 0. The van der Waals surface area contributed by atoms with Gasteiger partial charge in [0.25, 0.3) is 17.4 Å². The molecular weight excluding hydrogens is 304 g/mol. The van der Waals surface area contributed by atoms with Gasteiger partial charge in [0.1, 0.15) is 5.75 Å². The fourth-order valence-corrected chi connectivity index (χ4v) is 2.13. The topological polar surface area (TPSA) is 111 Å².